The van der Waals surface area contributed by atoms with Crippen LogP contribution in [0.15, 0.2) is 23.1 Å². The van der Waals surface area contributed by atoms with E-state index in [1.54, 1.807) is 18.2 Å². The lowest BCUT2D eigenvalue weighted by Crippen LogP contribution is -2.35. The molecule has 0 amide bonds. The van der Waals surface area contributed by atoms with Crippen LogP contribution in [0.4, 0.5) is 5.69 Å². The standard InChI is InChI=1S/C15H24N2O2S/c1-10-5-4-6-14(12(10)3)17-15-9-13(20(16,18)19)8-7-11(15)2/h7-10,12,14,17H,4-6H2,1-3H3,(H2,16,18,19). The van der Waals surface area contributed by atoms with Gasteiger partial charge in [0.05, 0.1) is 4.90 Å². The summed E-state index contributed by atoms with van der Waals surface area (Å²) in [5, 5.41) is 8.72. The van der Waals surface area contributed by atoms with Gasteiger partial charge in [-0.05, 0) is 42.9 Å². The van der Waals surface area contributed by atoms with Gasteiger partial charge < -0.3 is 5.32 Å². The van der Waals surface area contributed by atoms with E-state index >= 15 is 0 Å². The van der Waals surface area contributed by atoms with Gasteiger partial charge in [0.15, 0.2) is 0 Å². The molecule has 1 aliphatic carbocycles. The maximum Gasteiger partial charge on any atom is 0.238 e. The third-order valence-corrected chi connectivity index (χ3v) is 5.50. The van der Waals surface area contributed by atoms with E-state index < -0.39 is 10.0 Å². The Morgan fingerprint density at radius 1 is 1.25 bits per heavy atom. The van der Waals surface area contributed by atoms with E-state index in [1.165, 1.54) is 12.8 Å². The topological polar surface area (TPSA) is 72.2 Å². The Morgan fingerprint density at radius 2 is 1.95 bits per heavy atom. The summed E-state index contributed by atoms with van der Waals surface area (Å²) in [4.78, 5) is 0.169. The van der Waals surface area contributed by atoms with Crippen molar-refractivity contribution in [3.05, 3.63) is 23.8 Å². The number of hydrogen-bond acceptors (Lipinski definition) is 3. The maximum absolute atomic E-state index is 11.5. The number of hydrogen-bond donors (Lipinski definition) is 2. The van der Waals surface area contributed by atoms with E-state index in [0.29, 0.717) is 17.9 Å². The van der Waals surface area contributed by atoms with Crippen molar-refractivity contribution in [3.8, 4) is 0 Å². The predicted octanol–water partition coefficient (Wildman–Crippen LogP) is 2.88. The fourth-order valence-corrected chi connectivity index (χ4v) is 3.46. The van der Waals surface area contributed by atoms with Crippen molar-refractivity contribution in [3.63, 3.8) is 0 Å². The molecule has 1 aromatic rings. The Labute approximate surface area is 121 Å². The van der Waals surface area contributed by atoms with Crippen molar-refractivity contribution >= 4 is 15.7 Å². The minimum Gasteiger partial charge on any atom is -0.382 e. The summed E-state index contributed by atoms with van der Waals surface area (Å²) >= 11 is 0. The molecule has 5 heteroatoms. The largest absolute Gasteiger partial charge is 0.382 e. The first-order chi connectivity index (χ1) is 9.29. The molecule has 1 aliphatic rings. The van der Waals surface area contributed by atoms with Crippen molar-refractivity contribution in [2.24, 2.45) is 17.0 Å². The van der Waals surface area contributed by atoms with E-state index in [0.717, 1.165) is 17.7 Å². The number of nitrogens with two attached hydrogens (primary N) is 1. The average molecular weight is 296 g/mol. The van der Waals surface area contributed by atoms with Crippen LogP contribution in [0.1, 0.15) is 38.7 Å². The highest BCUT2D eigenvalue weighted by Crippen LogP contribution is 2.32. The minimum atomic E-state index is -3.65. The molecule has 1 saturated carbocycles. The molecule has 1 aromatic carbocycles. The van der Waals surface area contributed by atoms with Crippen LogP contribution in [-0.4, -0.2) is 14.5 Å². The van der Waals surface area contributed by atoms with E-state index in [2.05, 4.69) is 19.2 Å². The molecule has 0 saturated heterocycles. The quantitative estimate of drug-likeness (QED) is 0.901. The number of sulfonamides is 1. The van der Waals surface area contributed by atoms with Gasteiger partial charge >= 0.3 is 0 Å². The second-order valence-electron chi connectivity index (χ2n) is 6.04. The minimum absolute atomic E-state index is 0.169. The summed E-state index contributed by atoms with van der Waals surface area (Å²) < 4.78 is 22.9. The van der Waals surface area contributed by atoms with Crippen LogP contribution in [0, 0.1) is 18.8 Å². The third-order valence-electron chi connectivity index (χ3n) is 4.59. The summed E-state index contributed by atoms with van der Waals surface area (Å²) in [5.41, 5.74) is 1.92. The van der Waals surface area contributed by atoms with E-state index in [4.69, 9.17) is 5.14 Å². The van der Waals surface area contributed by atoms with Crippen LogP contribution in [-0.2, 0) is 10.0 Å². The molecular weight excluding hydrogens is 272 g/mol. The van der Waals surface area contributed by atoms with Gasteiger partial charge in [-0.2, -0.15) is 0 Å². The summed E-state index contributed by atoms with van der Waals surface area (Å²) in [5.74, 6) is 1.28. The molecule has 3 atom stereocenters. The molecule has 0 aromatic heterocycles. The lowest BCUT2D eigenvalue weighted by Gasteiger charge is -2.35. The Kier molecular flexibility index (Phi) is 4.39. The van der Waals surface area contributed by atoms with Gasteiger partial charge in [-0.1, -0.05) is 32.8 Å². The predicted molar refractivity (Wildman–Crippen MR) is 82.1 cm³/mol. The molecule has 112 valence electrons. The fourth-order valence-electron chi connectivity index (χ4n) is 2.92. The first-order valence-corrected chi connectivity index (χ1v) is 8.73. The second kappa shape index (κ2) is 5.74. The first-order valence-electron chi connectivity index (χ1n) is 7.19. The lowest BCUT2D eigenvalue weighted by atomic mass is 9.78. The molecule has 1 fully saturated rings. The van der Waals surface area contributed by atoms with Crippen molar-refractivity contribution in [1.82, 2.24) is 0 Å². The average Bonchev–Trinajstić information content (AvgIpc) is 2.36. The van der Waals surface area contributed by atoms with Gasteiger partial charge in [-0.3, -0.25) is 0 Å². The maximum atomic E-state index is 11.5. The lowest BCUT2D eigenvalue weighted by molar-refractivity contribution is 0.253. The van der Waals surface area contributed by atoms with Crippen LogP contribution in [0.25, 0.3) is 0 Å². The van der Waals surface area contributed by atoms with Crippen molar-refractivity contribution in [2.45, 2.75) is 51.0 Å². The number of benzene rings is 1. The Morgan fingerprint density at radius 3 is 2.60 bits per heavy atom. The highest BCUT2D eigenvalue weighted by molar-refractivity contribution is 7.89. The van der Waals surface area contributed by atoms with Crippen LogP contribution in [0.3, 0.4) is 0 Å². The number of nitrogens with one attached hydrogen (secondary N) is 1. The van der Waals surface area contributed by atoms with Crippen molar-refractivity contribution in [1.29, 1.82) is 0 Å². The second-order valence-corrected chi connectivity index (χ2v) is 7.60. The molecule has 0 heterocycles. The van der Waals surface area contributed by atoms with Crippen molar-refractivity contribution < 1.29 is 8.42 Å². The summed E-state index contributed by atoms with van der Waals surface area (Å²) in [6.45, 7) is 6.53. The van der Waals surface area contributed by atoms with Gasteiger partial charge in [0.2, 0.25) is 10.0 Å². The molecule has 0 spiro atoms. The highest BCUT2D eigenvalue weighted by Gasteiger charge is 2.27. The fraction of sp³-hybridized carbons (Fsp3) is 0.600. The van der Waals surface area contributed by atoms with E-state index in [1.807, 2.05) is 6.92 Å². The molecule has 20 heavy (non-hydrogen) atoms. The zero-order valence-corrected chi connectivity index (χ0v) is 13.2. The zero-order chi connectivity index (χ0) is 14.9. The first kappa shape index (κ1) is 15.3. The van der Waals surface area contributed by atoms with E-state index in [-0.39, 0.29) is 4.90 Å². The summed E-state index contributed by atoms with van der Waals surface area (Å²) in [6, 6.07) is 5.41. The Hall–Kier alpha value is -1.07. The van der Waals surface area contributed by atoms with Gasteiger partial charge in [0, 0.05) is 11.7 Å². The molecule has 3 N–H and O–H groups in total. The van der Waals surface area contributed by atoms with Gasteiger partial charge in [0.25, 0.3) is 0 Å². The van der Waals surface area contributed by atoms with Crippen LogP contribution in [0.5, 0.6) is 0 Å². The van der Waals surface area contributed by atoms with Crippen molar-refractivity contribution in [2.75, 3.05) is 5.32 Å². The van der Waals surface area contributed by atoms with Crippen LogP contribution >= 0.6 is 0 Å². The number of primary sulfonamides is 1. The monoisotopic (exact) mass is 296 g/mol. The smallest absolute Gasteiger partial charge is 0.238 e. The van der Waals surface area contributed by atoms with Gasteiger partial charge in [-0.25, -0.2) is 13.6 Å². The normalized spacial score (nSPS) is 27.3. The van der Waals surface area contributed by atoms with Crippen LogP contribution in [0.2, 0.25) is 0 Å². The third kappa shape index (κ3) is 3.33. The summed E-state index contributed by atoms with van der Waals surface area (Å²) in [6.07, 6.45) is 3.62. The molecule has 0 bridgehead atoms. The van der Waals surface area contributed by atoms with Crippen LogP contribution < -0.4 is 10.5 Å². The molecule has 0 radical (unpaired) electrons. The summed E-state index contributed by atoms with van der Waals surface area (Å²) in [7, 11) is -3.65. The highest BCUT2D eigenvalue weighted by atomic mass is 32.2. The Bertz CT molecular complexity index is 584. The SMILES string of the molecule is Cc1ccc(S(N)(=O)=O)cc1NC1CCCC(C)C1C. The number of rotatable bonds is 3. The molecule has 3 unspecified atom stereocenters. The molecule has 0 aliphatic heterocycles. The van der Waals surface area contributed by atoms with Gasteiger partial charge in [0.1, 0.15) is 0 Å². The van der Waals surface area contributed by atoms with Gasteiger partial charge in [-0.15, -0.1) is 0 Å². The molecular formula is C15H24N2O2S. The Balaban J connectivity index is 2.24. The molecule has 2 rings (SSSR count). The zero-order valence-electron chi connectivity index (χ0n) is 12.4. The number of aryl methyl sites for hydroxylation is 1. The molecule has 4 nitrogen and oxygen atoms in total. The van der Waals surface area contributed by atoms with E-state index in [9.17, 15) is 8.42 Å². The number of anilines is 1.